The van der Waals surface area contributed by atoms with Gasteiger partial charge in [0, 0.05) is 5.56 Å². The van der Waals surface area contributed by atoms with Gasteiger partial charge in [-0.05, 0) is 23.3 Å². The highest BCUT2D eigenvalue weighted by molar-refractivity contribution is 7.89. The minimum atomic E-state index is -3.28. The number of amides is 1. The van der Waals surface area contributed by atoms with Crippen molar-refractivity contribution in [2.24, 2.45) is 5.73 Å². The molecule has 2 aromatic rings. The maximum absolute atomic E-state index is 12.1. The monoisotopic (exact) mass is 289 g/mol. The summed E-state index contributed by atoms with van der Waals surface area (Å²) in [5.41, 5.74) is 6.81. The number of carbonyl (C=O) groups is 1. The molecule has 4 nitrogen and oxygen atoms in total. The second kappa shape index (κ2) is 5.88. The molecule has 1 amide bonds. The summed E-state index contributed by atoms with van der Waals surface area (Å²) in [6.07, 6.45) is 0. The summed E-state index contributed by atoms with van der Waals surface area (Å²) in [5, 5.41) is 0. The Balaban J connectivity index is 2.16. The second-order valence-corrected chi connectivity index (χ2v) is 6.65. The number of sulfone groups is 1. The minimum Gasteiger partial charge on any atom is -0.366 e. The molecular formula is C15H15NO3S. The van der Waals surface area contributed by atoms with Crippen molar-refractivity contribution in [3.63, 3.8) is 0 Å². The fourth-order valence-corrected chi connectivity index (χ4v) is 3.44. The zero-order valence-corrected chi connectivity index (χ0v) is 11.6. The van der Waals surface area contributed by atoms with E-state index in [1.54, 1.807) is 42.5 Å². The van der Waals surface area contributed by atoms with Crippen molar-refractivity contribution in [1.82, 2.24) is 0 Å². The van der Waals surface area contributed by atoms with Gasteiger partial charge in [-0.25, -0.2) is 8.42 Å². The molecule has 0 radical (unpaired) electrons. The maximum atomic E-state index is 12.1. The van der Waals surface area contributed by atoms with E-state index >= 15 is 0 Å². The lowest BCUT2D eigenvalue weighted by molar-refractivity contribution is 0.1000. The lowest BCUT2D eigenvalue weighted by atomic mass is 10.1. The van der Waals surface area contributed by atoms with Crippen LogP contribution < -0.4 is 5.73 Å². The predicted molar refractivity (Wildman–Crippen MR) is 77.7 cm³/mol. The zero-order chi connectivity index (χ0) is 14.6. The lowest BCUT2D eigenvalue weighted by Crippen LogP contribution is -2.12. The van der Waals surface area contributed by atoms with Crippen molar-refractivity contribution < 1.29 is 13.2 Å². The zero-order valence-electron chi connectivity index (χ0n) is 10.8. The largest absolute Gasteiger partial charge is 0.366 e. The molecule has 0 atom stereocenters. The number of primary amides is 1. The average molecular weight is 289 g/mol. The van der Waals surface area contributed by atoms with E-state index in [-0.39, 0.29) is 11.5 Å². The van der Waals surface area contributed by atoms with E-state index in [4.69, 9.17) is 5.73 Å². The predicted octanol–water partition coefficient (Wildman–Crippen LogP) is 1.90. The van der Waals surface area contributed by atoms with Crippen molar-refractivity contribution in [2.75, 3.05) is 0 Å². The molecular weight excluding hydrogens is 274 g/mol. The summed E-state index contributed by atoms with van der Waals surface area (Å²) in [7, 11) is -3.28. The van der Waals surface area contributed by atoms with Gasteiger partial charge in [-0.1, -0.05) is 42.5 Å². The van der Waals surface area contributed by atoms with Gasteiger partial charge in [-0.3, -0.25) is 4.79 Å². The van der Waals surface area contributed by atoms with Gasteiger partial charge in [0.15, 0.2) is 9.84 Å². The molecule has 0 aliphatic carbocycles. The van der Waals surface area contributed by atoms with Crippen LogP contribution in [0.4, 0.5) is 0 Å². The second-order valence-electron chi connectivity index (χ2n) is 4.58. The third-order valence-corrected chi connectivity index (χ3v) is 4.37. The molecule has 0 aliphatic heterocycles. The summed E-state index contributed by atoms with van der Waals surface area (Å²) >= 11 is 0. The Labute approximate surface area is 118 Å². The molecule has 0 unspecified atom stereocenters. The van der Waals surface area contributed by atoms with Gasteiger partial charge in [-0.2, -0.15) is 0 Å². The lowest BCUT2D eigenvalue weighted by Gasteiger charge is -2.06. The van der Waals surface area contributed by atoms with Crippen LogP contribution in [0.1, 0.15) is 21.5 Å². The van der Waals surface area contributed by atoms with Crippen molar-refractivity contribution in [3.05, 3.63) is 71.3 Å². The SMILES string of the molecule is NC(=O)c1cccc(CS(=O)(=O)Cc2ccccc2)c1. The molecule has 0 spiro atoms. The summed E-state index contributed by atoms with van der Waals surface area (Å²) in [6.45, 7) is 0. The molecule has 2 rings (SSSR count). The quantitative estimate of drug-likeness (QED) is 0.913. The van der Waals surface area contributed by atoms with Crippen LogP contribution >= 0.6 is 0 Å². The van der Waals surface area contributed by atoms with Crippen LogP contribution in [0.15, 0.2) is 54.6 Å². The summed E-state index contributed by atoms with van der Waals surface area (Å²) < 4.78 is 24.3. The first kappa shape index (κ1) is 14.3. The van der Waals surface area contributed by atoms with Crippen molar-refractivity contribution in [1.29, 1.82) is 0 Å². The first-order chi connectivity index (χ1) is 9.46. The van der Waals surface area contributed by atoms with E-state index < -0.39 is 15.7 Å². The highest BCUT2D eigenvalue weighted by atomic mass is 32.2. The van der Waals surface area contributed by atoms with Crippen LogP contribution in [0, 0.1) is 0 Å². The van der Waals surface area contributed by atoms with Crippen LogP contribution in [0.5, 0.6) is 0 Å². The maximum Gasteiger partial charge on any atom is 0.248 e. The molecule has 0 saturated heterocycles. The van der Waals surface area contributed by atoms with Crippen molar-refractivity contribution in [2.45, 2.75) is 11.5 Å². The smallest absolute Gasteiger partial charge is 0.248 e. The van der Waals surface area contributed by atoms with Crippen LogP contribution in [0.25, 0.3) is 0 Å². The van der Waals surface area contributed by atoms with Crippen molar-refractivity contribution in [3.8, 4) is 0 Å². The Hall–Kier alpha value is -2.14. The topological polar surface area (TPSA) is 77.2 Å². The Kier molecular flexibility index (Phi) is 4.20. The fraction of sp³-hybridized carbons (Fsp3) is 0.133. The molecule has 0 heterocycles. The molecule has 104 valence electrons. The molecule has 0 aliphatic rings. The van der Waals surface area contributed by atoms with Crippen LogP contribution in [-0.4, -0.2) is 14.3 Å². The molecule has 0 fully saturated rings. The number of rotatable bonds is 5. The third-order valence-electron chi connectivity index (χ3n) is 2.83. The normalized spacial score (nSPS) is 11.2. The summed E-state index contributed by atoms with van der Waals surface area (Å²) in [4.78, 5) is 11.1. The van der Waals surface area contributed by atoms with Crippen LogP contribution in [0.3, 0.4) is 0 Å². The standard InChI is InChI=1S/C15H15NO3S/c16-15(17)14-8-4-7-13(9-14)11-20(18,19)10-12-5-2-1-3-6-12/h1-9H,10-11H2,(H2,16,17). The highest BCUT2D eigenvalue weighted by Crippen LogP contribution is 2.13. The molecule has 2 N–H and O–H groups in total. The van der Waals surface area contributed by atoms with E-state index in [0.29, 0.717) is 11.1 Å². The molecule has 20 heavy (non-hydrogen) atoms. The van der Waals surface area contributed by atoms with E-state index in [1.807, 2.05) is 6.07 Å². The first-order valence-electron chi connectivity index (χ1n) is 6.09. The van der Waals surface area contributed by atoms with Crippen LogP contribution in [0.2, 0.25) is 0 Å². The van der Waals surface area contributed by atoms with Gasteiger partial charge < -0.3 is 5.73 Å². The van der Waals surface area contributed by atoms with Crippen LogP contribution in [-0.2, 0) is 21.3 Å². The van der Waals surface area contributed by atoms with Gasteiger partial charge >= 0.3 is 0 Å². The number of hydrogen-bond acceptors (Lipinski definition) is 3. The molecule has 0 bridgehead atoms. The molecule has 5 heteroatoms. The molecule has 0 aromatic heterocycles. The number of carbonyl (C=O) groups excluding carboxylic acids is 1. The summed E-state index contributed by atoms with van der Waals surface area (Å²) in [6, 6.07) is 15.4. The van der Waals surface area contributed by atoms with E-state index in [0.717, 1.165) is 5.56 Å². The summed E-state index contributed by atoms with van der Waals surface area (Å²) in [5.74, 6) is -0.690. The van der Waals surface area contributed by atoms with Gasteiger partial charge in [0.25, 0.3) is 0 Å². The third kappa shape index (κ3) is 3.93. The average Bonchev–Trinajstić information content (AvgIpc) is 2.39. The Bertz CT molecular complexity index is 709. The van der Waals surface area contributed by atoms with Gasteiger partial charge in [0.05, 0.1) is 11.5 Å². The highest BCUT2D eigenvalue weighted by Gasteiger charge is 2.14. The fourth-order valence-electron chi connectivity index (χ4n) is 1.95. The number of hydrogen-bond donors (Lipinski definition) is 1. The van der Waals surface area contributed by atoms with E-state index in [1.165, 1.54) is 6.07 Å². The number of nitrogens with two attached hydrogens (primary N) is 1. The van der Waals surface area contributed by atoms with E-state index in [2.05, 4.69) is 0 Å². The van der Waals surface area contributed by atoms with Gasteiger partial charge in [0.1, 0.15) is 0 Å². The van der Waals surface area contributed by atoms with Gasteiger partial charge in [0.2, 0.25) is 5.91 Å². The number of benzene rings is 2. The molecule has 2 aromatic carbocycles. The Morgan fingerprint density at radius 1 is 0.900 bits per heavy atom. The molecule has 0 saturated carbocycles. The Morgan fingerprint density at radius 2 is 1.50 bits per heavy atom. The van der Waals surface area contributed by atoms with Crippen molar-refractivity contribution >= 4 is 15.7 Å². The van der Waals surface area contributed by atoms with Gasteiger partial charge in [-0.15, -0.1) is 0 Å². The van der Waals surface area contributed by atoms with E-state index in [9.17, 15) is 13.2 Å². The first-order valence-corrected chi connectivity index (χ1v) is 7.91. The Morgan fingerprint density at radius 3 is 2.15 bits per heavy atom. The minimum absolute atomic E-state index is 0.0192.